The first kappa shape index (κ1) is 29.5. The molecule has 40 heavy (non-hydrogen) atoms. The van der Waals surface area contributed by atoms with Gasteiger partial charge in [0.1, 0.15) is 22.8 Å². The number of Topliss-reactive ketones (excluding diaryl/α,β-unsaturated/α-hetero) is 3. The molecule has 4 rings (SSSR count). The molecule has 0 saturated heterocycles. The highest BCUT2D eigenvalue weighted by Gasteiger charge is 2.64. The molecule has 3 aliphatic carbocycles. The first-order valence-electron chi connectivity index (χ1n) is 13.4. The number of hydrogen-bond donors (Lipinski definition) is 4. The van der Waals surface area contributed by atoms with Gasteiger partial charge in [-0.2, -0.15) is 0 Å². The lowest BCUT2D eigenvalue weighted by atomic mass is 9.57. The van der Waals surface area contributed by atoms with E-state index < -0.39 is 57.9 Å². The highest BCUT2D eigenvalue weighted by Crippen LogP contribution is 2.53. The highest BCUT2D eigenvalue weighted by molar-refractivity contribution is 6.25. The summed E-state index contributed by atoms with van der Waals surface area (Å²) in [6, 6.07) is 1.95. The van der Waals surface area contributed by atoms with Crippen LogP contribution in [0.5, 0.6) is 5.75 Å². The van der Waals surface area contributed by atoms with E-state index in [-0.39, 0.29) is 60.6 Å². The Hall–Kier alpha value is -3.50. The van der Waals surface area contributed by atoms with Crippen LogP contribution in [0.2, 0.25) is 0 Å². The van der Waals surface area contributed by atoms with Crippen LogP contribution in [0.1, 0.15) is 57.2 Å². The van der Waals surface area contributed by atoms with E-state index in [0.717, 1.165) is 6.92 Å². The SMILES string of the molecule is CC(=O)C1=C(O)[C@@]2(O)C(=O)C3=C(O)c4c(O)ccc(CCC(=O)OCC(C)(C)C)c4C[C@H]3C[C@H]2[C@H](N(C)C)C1=O. The molecule has 216 valence electrons. The van der Waals surface area contributed by atoms with E-state index in [1.165, 1.54) is 11.0 Å². The Balaban J connectivity index is 1.77. The fourth-order valence-electron chi connectivity index (χ4n) is 6.25. The van der Waals surface area contributed by atoms with Gasteiger partial charge in [-0.3, -0.25) is 24.1 Å². The lowest BCUT2D eigenvalue weighted by Gasteiger charge is -2.50. The minimum atomic E-state index is -2.61. The van der Waals surface area contributed by atoms with E-state index in [1.54, 1.807) is 20.2 Å². The van der Waals surface area contributed by atoms with Crippen molar-refractivity contribution in [3.05, 3.63) is 45.7 Å². The molecule has 10 heteroatoms. The number of ether oxygens (including phenoxy) is 1. The standard InChI is InChI=1S/C30H37NO9/c1-14(32)21-26(36)24(31(5)6)18-12-16-11-17-15(8-10-20(34)40-13-29(2,3)4)7-9-19(33)23(17)25(35)22(16)28(38)30(18,39)27(21)37/h7,9,16,18,24,33,35,37,39H,8,10-13H2,1-6H3/t16-,18-,24-,30+/m0/s1. The van der Waals surface area contributed by atoms with Crippen LogP contribution in [0.25, 0.3) is 5.76 Å². The van der Waals surface area contributed by atoms with Gasteiger partial charge in [-0.05, 0) is 68.8 Å². The third kappa shape index (κ3) is 4.73. The number of benzene rings is 1. The van der Waals surface area contributed by atoms with Gasteiger partial charge in [0, 0.05) is 17.9 Å². The number of ketones is 3. The first-order chi connectivity index (χ1) is 18.5. The second-order valence-corrected chi connectivity index (χ2v) is 12.5. The number of rotatable bonds is 6. The van der Waals surface area contributed by atoms with Crippen LogP contribution in [0, 0.1) is 17.3 Å². The molecule has 0 bridgehead atoms. The highest BCUT2D eigenvalue weighted by atomic mass is 16.5. The van der Waals surface area contributed by atoms with Crippen molar-refractivity contribution < 1.29 is 44.3 Å². The Kier molecular flexibility index (Phi) is 7.49. The van der Waals surface area contributed by atoms with Crippen molar-refractivity contribution in [1.29, 1.82) is 0 Å². The summed E-state index contributed by atoms with van der Waals surface area (Å²) in [7, 11) is 3.17. The summed E-state index contributed by atoms with van der Waals surface area (Å²) in [6.07, 6.45) is 0.562. The second-order valence-electron chi connectivity index (χ2n) is 12.5. The number of phenols is 1. The third-order valence-electron chi connectivity index (χ3n) is 8.07. The number of carbonyl (C=O) groups excluding carboxylic acids is 4. The van der Waals surface area contributed by atoms with Gasteiger partial charge in [-0.1, -0.05) is 26.8 Å². The van der Waals surface area contributed by atoms with Crippen molar-refractivity contribution >= 4 is 29.1 Å². The van der Waals surface area contributed by atoms with E-state index in [1.807, 2.05) is 20.8 Å². The number of likely N-dealkylation sites (N-methyl/N-ethyl adjacent to an activating group) is 1. The van der Waals surface area contributed by atoms with Crippen LogP contribution in [0.4, 0.5) is 0 Å². The maximum Gasteiger partial charge on any atom is 0.306 e. The molecule has 4 atom stereocenters. The predicted molar refractivity (Wildman–Crippen MR) is 144 cm³/mol. The number of hydrogen-bond acceptors (Lipinski definition) is 10. The summed E-state index contributed by atoms with van der Waals surface area (Å²) in [5, 5.41) is 44.7. The predicted octanol–water partition coefficient (Wildman–Crippen LogP) is 2.59. The van der Waals surface area contributed by atoms with Gasteiger partial charge in [-0.15, -0.1) is 0 Å². The molecule has 0 unspecified atom stereocenters. The number of nitrogens with zero attached hydrogens (tertiary/aromatic N) is 1. The molecule has 3 aliphatic rings. The number of aliphatic hydroxyl groups excluding tert-OH is 2. The molecule has 1 aromatic carbocycles. The minimum absolute atomic E-state index is 0.0218. The van der Waals surface area contributed by atoms with Crippen molar-refractivity contribution in [2.45, 2.75) is 65.0 Å². The topological polar surface area (TPSA) is 162 Å². The molecule has 0 spiro atoms. The summed E-state index contributed by atoms with van der Waals surface area (Å²) >= 11 is 0. The molecule has 1 aromatic rings. The number of esters is 1. The van der Waals surface area contributed by atoms with Gasteiger partial charge in [0.15, 0.2) is 17.2 Å². The first-order valence-corrected chi connectivity index (χ1v) is 13.4. The third-order valence-corrected chi connectivity index (χ3v) is 8.07. The molecule has 0 aliphatic heterocycles. The molecule has 1 saturated carbocycles. The molecule has 0 aromatic heterocycles. The largest absolute Gasteiger partial charge is 0.508 e. The van der Waals surface area contributed by atoms with Crippen molar-refractivity contribution in [1.82, 2.24) is 4.90 Å². The maximum atomic E-state index is 13.9. The van der Waals surface area contributed by atoms with E-state index >= 15 is 0 Å². The summed E-state index contributed by atoms with van der Waals surface area (Å²) in [5.41, 5.74) is -2.34. The molecule has 0 amide bonds. The number of aliphatic hydroxyl groups is 3. The van der Waals surface area contributed by atoms with Crippen molar-refractivity contribution in [3.8, 4) is 5.75 Å². The van der Waals surface area contributed by atoms with Crippen LogP contribution in [-0.4, -0.2) is 81.0 Å². The van der Waals surface area contributed by atoms with Crippen LogP contribution in [0.15, 0.2) is 29.0 Å². The van der Waals surface area contributed by atoms with Gasteiger partial charge in [0.05, 0.1) is 18.2 Å². The zero-order valence-corrected chi connectivity index (χ0v) is 23.7. The van der Waals surface area contributed by atoms with E-state index in [0.29, 0.717) is 11.1 Å². The molecule has 10 nitrogen and oxygen atoms in total. The average molecular weight is 556 g/mol. The Bertz CT molecular complexity index is 1360. The number of carbonyl (C=O) groups is 4. The monoisotopic (exact) mass is 555 g/mol. The minimum Gasteiger partial charge on any atom is -0.508 e. The van der Waals surface area contributed by atoms with Crippen LogP contribution in [0.3, 0.4) is 0 Å². The van der Waals surface area contributed by atoms with E-state index in [9.17, 15) is 39.6 Å². The lowest BCUT2D eigenvalue weighted by Crippen LogP contribution is -2.65. The Morgan fingerprint density at radius 1 is 1.12 bits per heavy atom. The van der Waals surface area contributed by atoms with Gasteiger partial charge >= 0.3 is 5.97 Å². The fourth-order valence-corrected chi connectivity index (χ4v) is 6.25. The van der Waals surface area contributed by atoms with Gasteiger partial charge < -0.3 is 25.2 Å². The summed E-state index contributed by atoms with van der Waals surface area (Å²) in [6.45, 7) is 7.19. The second kappa shape index (κ2) is 10.2. The Morgan fingerprint density at radius 2 is 1.77 bits per heavy atom. The molecule has 4 N–H and O–H groups in total. The normalized spacial score (nSPS) is 26.4. The number of phenolic OH excluding ortho intramolecular Hbond substituents is 1. The number of aryl methyl sites for hydroxylation is 1. The summed E-state index contributed by atoms with van der Waals surface area (Å²) < 4.78 is 5.36. The molecular weight excluding hydrogens is 518 g/mol. The lowest BCUT2D eigenvalue weighted by molar-refractivity contribution is -0.153. The Morgan fingerprint density at radius 3 is 2.35 bits per heavy atom. The van der Waals surface area contributed by atoms with Crippen molar-refractivity contribution in [2.75, 3.05) is 20.7 Å². The smallest absolute Gasteiger partial charge is 0.306 e. The quantitative estimate of drug-likeness (QED) is 0.303. The molecule has 0 radical (unpaired) electrons. The van der Waals surface area contributed by atoms with Crippen molar-refractivity contribution in [3.63, 3.8) is 0 Å². The maximum absolute atomic E-state index is 13.9. The average Bonchev–Trinajstić information content (AvgIpc) is 2.83. The van der Waals surface area contributed by atoms with Gasteiger partial charge in [0.25, 0.3) is 0 Å². The Labute approximate surface area is 232 Å². The van der Waals surface area contributed by atoms with E-state index in [4.69, 9.17) is 4.74 Å². The molecule has 0 heterocycles. The zero-order valence-electron chi connectivity index (χ0n) is 23.7. The van der Waals surface area contributed by atoms with Crippen LogP contribution < -0.4 is 0 Å². The van der Waals surface area contributed by atoms with E-state index in [2.05, 4.69) is 0 Å². The zero-order chi connectivity index (χ0) is 29.9. The number of fused-ring (bicyclic) bond motifs is 3. The molecular formula is C30H37NO9. The number of aromatic hydroxyl groups is 1. The summed E-state index contributed by atoms with van der Waals surface area (Å²) in [5.74, 6) is -6.44. The van der Waals surface area contributed by atoms with Crippen molar-refractivity contribution in [2.24, 2.45) is 17.3 Å². The van der Waals surface area contributed by atoms with Gasteiger partial charge in [-0.25, -0.2) is 0 Å². The fraction of sp³-hybridized carbons (Fsp3) is 0.533. The summed E-state index contributed by atoms with van der Waals surface area (Å²) in [4.78, 5) is 53.3. The van der Waals surface area contributed by atoms with Gasteiger partial charge in [0.2, 0.25) is 5.78 Å². The molecule has 1 fully saturated rings. The van der Waals surface area contributed by atoms with Crippen LogP contribution >= 0.6 is 0 Å². The van der Waals surface area contributed by atoms with Crippen LogP contribution in [-0.2, 0) is 36.8 Å².